The molecule has 0 aliphatic rings. The van der Waals surface area contributed by atoms with Crippen LogP contribution in [0.15, 0.2) is 11.1 Å². The maximum Gasteiger partial charge on any atom is 0.451 e. The molecule has 0 fully saturated rings. The lowest BCUT2D eigenvalue weighted by Gasteiger charge is -2.11. The normalized spacial score (nSPS) is 13.4. The molecule has 12 heteroatoms. The van der Waals surface area contributed by atoms with Crippen molar-refractivity contribution in [2.75, 3.05) is 0 Å². The Morgan fingerprint density at radius 3 is 2.10 bits per heavy atom. The smallest absolute Gasteiger partial charge is 0.451 e. The topological polar surface area (TPSA) is 101 Å². The van der Waals surface area contributed by atoms with Crippen LogP contribution >= 0.6 is 0 Å². The highest BCUT2D eigenvalue weighted by Crippen LogP contribution is 2.32. The summed E-state index contributed by atoms with van der Waals surface area (Å²) in [7, 11) is 0. The van der Waals surface area contributed by atoms with Crippen molar-refractivity contribution < 1.29 is 36.2 Å². The molecule has 1 heterocycles. The molecule has 110 valence electrons. The minimum absolute atomic E-state index is 0.0665. The number of aromatic nitrogens is 2. The molecule has 0 spiro atoms. The molecule has 1 aromatic heterocycles. The van der Waals surface area contributed by atoms with Crippen LogP contribution in [0.1, 0.15) is 17.2 Å². The number of carbonyl (C=O) groups is 1. The molecule has 0 radical (unpaired) electrons. The zero-order chi connectivity index (χ0) is 15.7. The predicted molar refractivity (Wildman–Crippen MR) is 50.8 cm³/mol. The van der Waals surface area contributed by atoms with Gasteiger partial charge in [-0.05, 0) is 6.07 Å². The van der Waals surface area contributed by atoms with Gasteiger partial charge in [-0.1, -0.05) is 0 Å². The number of hydrogen-bond acceptors (Lipinski definition) is 3. The third kappa shape index (κ3) is 3.80. The first-order valence-corrected chi connectivity index (χ1v) is 4.52. The largest absolute Gasteiger partial charge is 0.463 e. The van der Waals surface area contributed by atoms with E-state index in [2.05, 4.69) is 15.0 Å². The summed E-state index contributed by atoms with van der Waals surface area (Å²) in [6.07, 6.45) is -12.4. The van der Waals surface area contributed by atoms with Crippen molar-refractivity contribution in [2.24, 2.45) is 10.7 Å². The highest BCUT2D eigenvalue weighted by Gasteiger charge is 2.40. The van der Waals surface area contributed by atoms with Crippen LogP contribution in [0.5, 0.6) is 0 Å². The number of aliphatic imine (C=N–C) groups is 1. The predicted octanol–water partition coefficient (Wildman–Crippen LogP) is 1.90. The van der Waals surface area contributed by atoms with Gasteiger partial charge in [0.15, 0.2) is 5.84 Å². The molecule has 0 saturated carbocycles. The number of nitrogens with two attached hydrogens (primary N) is 1. The van der Waals surface area contributed by atoms with E-state index < -0.39 is 41.5 Å². The minimum atomic E-state index is -5.26. The van der Waals surface area contributed by atoms with Crippen LogP contribution in [-0.4, -0.2) is 27.0 Å². The van der Waals surface area contributed by atoms with Crippen molar-refractivity contribution in [3.63, 3.8) is 0 Å². The number of carboxylic acid groups (broad SMARTS) is 1. The van der Waals surface area contributed by atoms with Gasteiger partial charge < -0.3 is 10.8 Å². The number of amidine groups is 1. The van der Waals surface area contributed by atoms with E-state index in [1.54, 1.807) is 0 Å². The van der Waals surface area contributed by atoms with E-state index in [9.17, 15) is 31.1 Å². The van der Waals surface area contributed by atoms with E-state index in [1.807, 2.05) is 0 Å². The molecule has 0 atom stereocenters. The molecule has 0 saturated heterocycles. The van der Waals surface area contributed by atoms with E-state index in [0.717, 1.165) is 0 Å². The van der Waals surface area contributed by atoms with Gasteiger partial charge in [0.25, 0.3) is 0 Å². The van der Waals surface area contributed by atoms with Crippen LogP contribution < -0.4 is 5.73 Å². The van der Waals surface area contributed by atoms with Gasteiger partial charge in [-0.15, -0.1) is 0 Å². The van der Waals surface area contributed by atoms with Crippen molar-refractivity contribution >= 4 is 11.9 Å². The van der Waals surface area contributed by atoms with Gasteiger partial charge in [-0.25, -0.2) is 14.8 Å². The molecule has 0 aromatic carbocycles. The van der Waals surface area contributed by atoms with Gasteiger partial charge in [0.05, 0.1) is 0 Å². The monoisotopic (exact) mass is 302 g/mol. The summed E-state index contributed by atoms with van der Waals surface area (Å²) < 4.78 is 74.3. The average Bonchev–Trinajstić information content (AvgIpc) is 2.25. The van der Waals surface area contributed by atoms with Crippen molar-refractivity contribution in [1.82, 2.24) is 9.97 Å². The van der Waals surface area contributed by atoms with Crippen LogP contribution in [0.3, 0.4) is 0 Å². The minimum Gasteiger partial charge on any atom is -0.463 e. The molecular formula is C8H4F6N4O2. The lowest BCUT2D eigenvalue weighted by Crippen LogP contribution is -2.23. The third-order valence-corrected chi connectivity index (χ3v) is 1.75. The Morgan fingerprint density at radius 2 is 1.70 bits per heavy atom. The van der Waals surface area contributed by atoms with E-state index in [-0.39, 0.29) is 6.07 Å². The molecule has 6 nitrogen and oxygen atoms in total. The van der Waals surface area contributed by atoms with Crippen LogP contribution in [0, 0.1) is 0 Å². The van der Waals surface area contributed by atoms with Gasteiger partial charge in [-0.2, -0.15) is 31.3 Å². The number of rotatable bonds is 1. The van der Waals surface area contributed by atoms with Gasteiger partial charge in [0, 0.05) is 0 Å². The molecule has 0 bridgehead atoms. The molecule has 0 aliphatic heterocycles. The maximum absolute atomic E-state index is 12.4. The number of halogens is 6. The van der Waals surface area contributed by atoms with E-state index in [0.29, 0.717) is 0 Å². The molecule has 3 N–H and O–H groups in total. The second-order valence-electron chi connectivity index (χ2n) is 3.24. The van der Waals surface area contributed by atoms with Crippen molar-refractivity contribution in [1.29, 1.82) is 0 Å². The lowest BCUT2D eigenvalue weighted by atomic mass is 10.3. The quantitative estimate of drug-likeness (QED) is 0.468. The van der Waals surface area contributed by atoms with Crippen LogP contribution in [0.2, 0.25) is 0 Å². The van der Waals surface area contributed by atoms with Crippen LogP contribution in [-0.2, 0) is 12.4 Å². The highest BCUT2D eigenvalue weighted by molar-refractivity contribution is 6.01. The Kier molecular flexibility index (Phi) is 3.87. The van der Waals surface area contributed by atoms with Crippen molar-refractivity contribution in [3.05, 3.63) is 23.3 Å². The fourth-order valence-electron chi connectivity index (χ4n) is 1.01. The van der Waals surface area contributed by atoms with Crippen LogP contribution in [0.25, 0.3) is 0 Å². The number of nitrogens with zero attached hydrogens (tertiary/aromatic N) is 3. The standard InChI is InChI=1S/C8H4F6N4O2/c9-7(10,11)3-1-2(4(15)18-6(19)20)16-5(17-3)8(12,13)14/h1H,(H2,15,18)(H,19,20). The number of hydrogen-bond donors (Lipinski definition) is 2. The van der Waals surface area contributed by atoms with Gasteiger partial charge in [-0.3, -0.25) is 0 Å². The Labute approximate surface area is 106 Å². The average molecular weight is 302 g/mol. The third-order valence-electron chi connectivity index (χ3n) is 1.75. The number of alkyl halides is 6. The van der Waals surface area contributed by atoms with E-state index in [1.165, 1.54) is 0 Å². The molecule has 20 heavy (non-hydrogen) atoms. The van der Waals surface area contributed by atoms with Crippen molar-refractivity contribution in [3.8, 4) is 0 Å². The first kappa shape index (κ1) is 15.7. The second-order valence-corrected chi connectivity index (χ2v) is 3.24. The first-order chi connectivity index (χ1) is 8.91. The van der Waals surface area contributed by atoms with E-state index in [4.69, 9.17) is 10.8 Å². The summed E-state index contributed by atoms with van der Waals surface area (Å²) in [5.74, 6) is -3.22. The zero-order valence-electron chi connectivity index (χ0n) is 9.12. The summed E-state index contributed by atoms with van der Waals surface area (Å²) in [5, 5.41) is 8.25. The Hall–Kier alpha value is -2.40. The van der Waals surface area contributed by atoms with Crippen molar-refractivity contribution in [2.45, 2.75) is 12.4 Å². The fraction of sp³-hybridized carbons (Fsp3) is 0.250. The van der Waals surface area contributed by atoms with Crippen LogP contribution in [0.4, 0.5) is 31.1 Å². The van der Waals surface area contributed by atoms with Gasteiger partial charge >= 0.3 is 18.4 Å². The Morgan fingerprint density at radius 1 is 1.15 bits per heavy atom. The Bertz CT molecular complexity index is 533. The lowest BCUT2D eigenvalue weighted by molar-refractivity contribution is -0.152. The summed E-state index contributed by atoms with van der Waals surface area (Å²) in [4.78, 5) is 17.8. The molecule has 0 aliphatic carbocycles. The second kappa shape index (κ2) is 4.94. The van der Waals surface area contributed by atoms with Gasteiger partial charge in [0.1, 0.15) is 11.4 Å². The molecule has 1 rings (SSSR count). The summed E-state index contributed by atoms with van der Waals surface area (Å²) in [6, 6.07) is 0.0665. The molecule has 1 amide bonds. The first-order valence-electron chi connectivity index (χ1n) is 4.52. The SMILES string of the molecule is NC(=NC(=O)O)c1cc(C(F)(F)F)nc(C(F)(F)F)n1. The highest BCUT2D eigenvalue weighted by atomic mass is 19.4. The molecule has 0 unspecified atom stereocenters. The van der Waals surface area contributed by atoms with E-state index >= 15 is 0 Å². The maximum atomic E-state index is 12.4. The summed E-state index contributed by atoms with van der Waals surface area (Å²) >= 11 is 0. The Balaban J connectivity index is 3.50. The summed E-state index contributed by atoms with van der Waals surface area (Å²) in [6.45, 7) is 0. The number of amides is 1. The fourth-order valence-corrected chi connectivity index (χ4v) is 1.01. The summed E-state index contributed by atoms with van der Waals surface area (Å²) in [5.41, 5.74) is 1.95. The zero-order valence-corrected chi connectivity index (χ0v) is 9.12. The molecular weight excluding hydrogens is 298 g/mol. The van der Waals surface area contributed by atoms with Gasteiger partial charge in [0.2, 0.25) is 5.82 Å². The molecule has 1 aromatic rings.